The molecule has 0 atom stereocenters. The van der Waals surface area contributed by atoms with E-state index in [9.17, 15) is 9.59 Å². The Morgan fingerprint density at radius 1 is 0.897 bits per heavy atom. The first-order chi connectivity index (χ1) is 14.0. The second-order valence-corrected chi connectivity index (χ2v) is 6.62. The van der Waals surface area contributed by atoms with E-state index in [1.807, 2.05) is 25.1 Å². The summed E-state index contributed by atoms with van der Waals surface area (Å²) >= 11 is 0. The third kappa shape index (κ3) is 3.89. The van der Waals surface area contributed by atoms with Gasteiger partial charge in [-0.15, -0.1) is 0 Å². The van der Waals surface area contributed by atoms with Crippen LogP contribution in [-0.4, -0.2) is 13.1 Å². The van der Waals surface area contributed by atoms with Crippen LogP contribution in [0.5, 0.6) is 11.5 Å². The summed E-state index contributed by atoms with van der Waals surface area (Å²) in [6.07, 6.45) is 0. The van der Waals surface area contributed by atoms with Crippen molar-refractivity contribution >= 4 is 16.9 Å². The molecule has 4 aromatic rings. The first-order valence-electron chi connectivity index (χ1n) is 9.05. The molecule has 4 rings (SSSR count). The quantitative estimate of drug-likeness (QED) is 0.365. The molecule has 29 heavy (non-hydrogen) atoms. The Kier molecular flexibility index (Phi) is 4.87. The third-order valence-electron chi connectivity index (χ3n) is 4.54. The molecule has 0 fully saturated rings. The highest BCUT2D eigenvalue weighted by Crippen LogP contribution is 2.26. The van der Waals surface area contributed by atoms with Gasteiger partial charge < -0.3 is 13.9 Å². The zero-order chi connectivity index (χ0) is 20.4. The Hall–Kier alpha value is -3.86. The maximum Gasteiger partial charge on any atom is 0.343 e. The lowest BCUT2D eigenvalue weighted by Crippen LogP contribution is -2.09. The molecule has 5 heteroatoms. The van der Waals surface area contributed by atoms with Crippen molar-refractivity contribution in [2.45, 2.75) is 6.92 Å². The lowest BCUT2D eigenvalue weighted by molar-refractivity contribution is 0.0735. The van der Waals surface area contributed by atoms with E-state index in [4.69, 9.17) is 13.9 Å². The van der Waals surface area contributed by atoms with Gasteiger partial charge >= 0.3 is 5.97 Å². The number of ether oxygens (including phenoxy) is 2. The van der Waals surface area contributed by atoms with Crippen LogP contribution in [-0.2, 0) is 0 Å². The lowest BCUT2D eigenvalue weighted by atomic mass is 10.1. The van der Waals surface area contributed by atoms with Gasteiger partial charge in [-0.3, -0.25) is 4.79 Å². The summed E-state index contributed by atoms with van der Waals surface area (Å²) in [7, 11) is 1.59. The van der Waals surface area contributed by atoms with Gasteiger partial charge in [0.25, 0.3) is 0 Å². The summed E-state index contributed by atoms with van der Waals surface area (Å²) in [5.41, 5.74) is 2.38. The Morgan fingerprint density at radius 2 is 1.66 bits per heavy atom. The Balaban J connectivity index is 1.65. The first kappa shape index (κ1) is 18.5. The van der Waals surface area contributed by atoms with Crippen molar-refractivity contribution in [3.05, 3.63) is 94.1 Å². The molecule has 1 aromatic heterocycles. The van der Waals surface area contributed by atoms with Gasteiger partial charge in [0.1, 0.15) is 22.8 Å². The van der Waals surface area contributed by atoms with Gasteiger partial charge in [0, 0.05) is 11.6 Å². The molecule has 144 valence electrons. The van der Waals surface area contributed by atoms with E-state index >= 15 is 0 Å². The van der Waals surface area contributed by atoms with Crippen LogP contribution in [0.4, 0.5) is 0 Å². The minimum atomic E-state index is -0.479. The Labute approximate surface area is 167 Å². The van der Waals surface area contributed by atoms with E-state index in [1.54, 1.807) is 49.6 Å². The molecule has 0 saturated carbocycles. The molecular formula is C24H18O5. The summed E-state index contributed by atoms with van der Waals surface area (Å²) in [5, 5.41) is 0.344. The number of esters is 1. The minimum Gasteiger partial charge on any atom is -0.497 e. The summed E-state index contributed by atoms with van der Waals surface area (Å²) in [5.74, 6) is 0.979. The first-order valence-corrected chi connectivity index (χ1v) is 9.05. The van der Waals surface area contributed by atoms with Crippen LogP contribution in [0.25, 0.3) is 22.3 Å². The number of aryl methyl sites for hydroxylation is 1. The third-order valence-corrected chi connectivity index (χ3v) is 4.54. The molecule has 0 amide bonds. The van der Waals surface area contributed by atoms with Crippen LogP contribution < -0.4 is 14.9 Å². The van der Waals surface area contributed by atoms with Crippen LogP contribution in [0, 0.1) is 6.92 Å². The van der Waals surface area contributed by atoms with E-state index in [0.29, 0.717) is 22.3 Å². The Bertz CT molecular complexity index is 1250. The molecule has 0 bridgehead atoms. The number of hydrogen-bond acceptors (Lipinski definition) is 5. The van der Waals surface area contributed by atoms with Crippen molar-refractivity contribution in [2.24, 2.45) is 0 Å². The predicted molar refractivity (Wildman–Crippen MR) is 111 cm³/mol. The van der Waals surface area contributed by atoms with Crippen molar-refractivity contribution in [2.75, 3.05) is 7.11 Å². The molecule has 0 spiro atoms. The second kappa shape index (κ2) is 7.64. The maximum absolute atomic E-state index is 12.6. The zero-order valence-electron chi connectivity index (χ0n) is 16.0. The molecule has 0 N–H and O–H groups in total. The summed E-state index contributed by atoms with van der Waals surface area (Å²) in [4.78, 5) is 25.0. The van der Waals surface area contributed by atoms with E-state index < -0.39 is 5.97 Å². The normalized spacial score (nSPS) is 10.7. The van der Waals surface area contributed by atoms with Crippen molar-refractivity contribution in [1.82, 2.24) is 0 Å². The fraction of sp³-hybridized carbons (Fsp3) is 0.0833. The van der Waals surface area contributed by atoms with Crippen LogP contribution in [0.15, 0.2) is 82.0 Å². The van der Waals surface area contributed by atoms with Crippen molar-refractivity contribution < 1.29 is 18.7 Å². The average molecular weight is 386 g/mol. The van der Waals surface area contributed by atoms with Crippen LogP contribution in [0.2, 0.25) is 0 Å². The van der Waals surface area contributed by atoms with Crippen LogP contribution in [0.1, 0.15) is 15.9 Å². The number of fused-ring (bicyclic) bond motifs is 1. The van der Waals surface area contributed by atoms with Crippen molar-refractivity contribution in [3.8, 4) is 22.8 Å². The summed E-state index contributed by atoms with van der Waals surface area (Å²) in [6, 6.07) is 20.6. The van der Waals surface area contributed by atoms with E-state index in [0.717, 1.165) is 16.9 Å². The molecule has 1 heterocycles. The molecule has 0 radical (unpaired) electrons. The van der Waals surface area contributed by atoms with Gasteiger partial charge in [-0.25, -0.2) is 4.79 Å². The maximum atomic E-state index is 12.6. The van der Waals surface area contributed by atoms with Crippen LogP contribution in [0.3, 0.4) is 0 Å². The highest BCUT2D eigenvalue weighted by atomic mass is 16.5. The average Bonchev–Trinajstić information content (AvgIpc) is 2.74. The molecule has 0 aliphatic carbocycles. The van der Waals surface area contributed by atoms with E-state index in [2.05, 4.69) is 0 Å². The van der Waals surface area contributed by atoms with Crippen molar-refractivity contribution in [3.63, 3.8) is 0 Å². The highest BCUT2D eigenvalue weighted by molar-refractivity contribution is 5.92. The number of methoxy groups -OCH3 is 1. The van der Waals surface area contributed by atoms with Gasteiger partial charge in [0.05, 0.1) is 18.1 Å². The number of benzene rings is 3. The minimum absolute atomic E-state index is 0.217. The standard InChI is InChI=1S/C24H18O5/c1-15-4-3-5-17(12-15)24(26)28-19-10-11-22-20(13-19)21(25)14-23(29-22)16-6-8-18(27-2)9-7-16/h3-14H,1-2H3. The topological polar surface area (TPSA) is 65.7 Å². The Morgan fingerprint density at radius 3 is 2.38 bits per heavy atom. The SMILES string of the molecule is COc1ccc(-c2cc(=O)c3cc(OC(=O)c4cccc(C)c4)ccc3o2)cc1. The molecule has 0 aliphatic rings. The van der Waals surface area contributed by atoms with Gasteiger partial charge in [0.15, 0.2) is 5.43 Å². The number of hydrogen-bond donors (Lipinski definition) is 0. The number of rotatable bonds is 4. The van der Waals surface area contributed by atoms with Gasteiger partial charge in [-0.2, -0.15) is 0 Å². The molecule has 5 nitrogen and oxygen atoms in total. The van der Waals surface area contributed by atoms with Gasteiger partial charge in [-0.1, -0.05) is 17.7 Å². The van der Waals surface area contributed by atoms with E-state index in [1.165, 1.54) is 12.1 Å². The lowest BCUT2D eigenvalue weighted by Gasteiger charge is -2.07. The molecule has 0 aliphatic heterocycles. The number of carbonyl (C=O) groups is 1. The number of carbonyl (C=O) groups excluding carboxylic acids is 1. The second-order valence-electron chi connectivity index (χ2n) is 6.62. The smallest absolute Gasteiger partial charge is 0.343 e. The molecule has 0 unspecified atom stereocenters. The largest absolute Gasteiger partial charge is 0.497 e. The molecule has 3 aromatic carbocycles. The van der Waals surface area contributed by atoms with Gasteiger partial charge in [-0.05, 0) is 61.5 Å². The molecular weight excluding hydrogens is 368 g/mol. The van der Waals surface area contributed by atoms with Crippen molar-refractivity contribution in [1.29, 1.82) is 0 Å². The summed E-state index contributed by atoms with van der Waals surface area (Å²) < 4.78 is 16.5. The fourth-order valence-corrected chi connectivity index (χ4v) is 3.03. The molecule has 0 saturated heterocycles. The summed E-state index contributed by atoms with van der Waals surface area (Å²) in [6.45, 7) is 1.90. The fourth-order valence-electron chi connectivity index (χ4n) is 3.03. The predicted octanol–water partition coefficient (Wildman–Crippen LogP) is 5.00. The van der Waals surface area contributed by atoms with Crippen LogP contribution >= 0.6 is 0 Å². The monoisotopic (exact) mass is 386 g/mol. The zero-order valence-corrected chi connectivity index (χ0v) is 16.0. The van der Waals surface area contributed by atoms with E-state index in [-0.39, 0.29) is 11.2 Å². The van der Waals surface area contributed by atoms with Gasteiger partial charge in [0.2, 0.25) is 0 Å². The highest BCUT2D eigenvalue weighted by Gasteiger charge is 2.12.